The third kappa shape index (κ3) is 3.89. The predicted octanol–water partition coefficient (Wildman–Crippen LogP) is 3.62. The zero-order chi connectivity index (χ0) is 17.6. The van der Waals surface area contributed by atoms with Crippen LogP contribution < -0.4 is 0 Å². The highest BCUT2D eigenvalue weighted by molar-refractivity contribution is 5.80. The minimum absolute atomic E-state index is 0.0563. The summed E-state index contributed by atoms with van der Waals surface area (Å²) in [4.78, 5) is 26.4. The van der Waals surface area contributed by atoms with Gasteiger partial charge >= 0.3 is 12.1 Å². The van der Waals surface area contributed by atoms with E-state index in [1.807, 2.05) is 37.3 Å². The summed E-state index contributed by atoms with van der Waals surface area (Å²) >= 11 is 0. The maximum Gasteiger partial charge on any atom is 0.410 e. The number of carbonyl (C=O) groups is 2. The lowest BCUT2D eigenvalue weighted by Gasteiger charge is -2.29. The van der Waals surface area contributed by atoms with Crippen molar-refractivity contribution in [3.8, 4) is 0 Å². The Labute approximate surface area is 143 Å². The molecule has 0 aromatic heterocycles. The van der Waals surface area contributed by atoms with E-state index >= 15 is 0 Å². The van der Waals surface area contributed by atoms with Crippen LogP contribution in [0.1, 0.15) is 38.7 Å². The third-order valence-electron chi connectivity index (χ3n) is 4.94. The van der Waals surface area contributed by atoms with Gasteiger partial charge in [-0.2, -0.15) is 0 Å². The molecule has 1 saturated heterocycles. The van der Waals surface area contributed by atoms with Crippen LogP contribution in [0.4, 0.5) is 4.79 Å². The highest BCUT2D eigenvalue weighted by Gasteiger charge is 2.51. The SMILES string of the molecule is CCCCC1(C(=O)OC)CN(C(=O)OCc2ccccc2)CC1C. The first-order valence-electron chi connectivity index (χ1n) is 8.57. The van der Waals surface area contributed by atoms with E-state index in [0.29, 0.717) is 13.1 Å². The minimum atomic E-state index is -0.615. The van der Waals surface area contributed by atoms with Crippen LogP contribution in [0.2, 0.25) is 0 Å². The average molecular weight is 333 g/mol. The first kappa shape index (κ1) is 18.3. The molecule has 2 unspecified atom stereocenters. The molecule has 24 heavy (non-hydrogen) atoms. The van der Waals surface area contributed by atoms with Crippen molar-refractivity contribution in [2.24, 2.45) is 11.3 Å². The maximum absolute atomic E-state index is 12.4. The predicted molar refractivity (Wildman–Crippen MR) is 91.3 cm³/mol. The van der Waals surface area contributed by atoms with Gasteiger partial charge in [-0.15, -0.1) is 0 Å². The summed E-state index contributed by atoms with van der Waals surface area (Å²) in [6, 6.07) is 9.58. The number of ether oxygens (including phenoxy) is 2. The van der Waals surface area contributed by atoms with Crippen molar-refractivity contribution in [2.45, 2.75) is 39.7 Å². The number of nitrogens with zero attached hydrogens (tertiary/aromatic N) is 1. The standard InChI is InChI=1S/C19H27NO4/c1-4-5-11-19(17(21)23-3)14-20(12-15(19)2)18(22)24-13-16-9-7-6-8-10-16/h6-10,15H,4-5,11-14H2,1-3H3. The topological polar surface area (TPSA) is 55.8 Å². The number of amides is 1. The number of benzene rings is 1. The zero-order valence-corrected chi connectivity index (χ0v) is 14.8. The molecular formula is C19H27NO4. The van der Waals surface area contributed by atoms with Crippen LogP contribution in [0.3, 0.4) is 0 Å². The third-order valence-corrected chi connectivity index (χ3v) is 4.94. The fourth-order valence-corrected chi connectivity index (χ4v) is 3.40. The lowest BCUT2D eigenvalue weighted by atomic mass is 9.75. The molecule has 5 heteroatoms. The molecule has 0 bridgehead atoms. The smallest absolute Gasteiger partial charge is 0.410 e. The molecule has 2 rings (SSSR count). The summed E-state index contributed by atoms with van der Waals surface area (Å²) in [6.45, 7) is 5.24. The number of carbonyl (C=O) groups excluding carboxylic acids is 2. The average Bonchev–Trinajstić information content (AvgIpc) is 2.95. The van der Waals surface area contributed by atoms with Crippen LogP contribution in [0.15, 0.2) is 30.3 Å². The summed E-state index contributed by atoms with van der Waals surface area (Å²) < 4.78 is 10.5. The monoisotopic (exact) mass is 333 g/mol. The molecule has 0 saturated carbocycles. The summed E-state index contributed by atoms with van der Waals surface area (Å²) in [5.74, 6) is -0.164. The lowest BCUT2D eigenvalue weighted by Crippen LogP contribution is -2.40. The number of rotatable bonds is 6. The number of hydrogen-bond acceptors (Lipinski definition) is 4. The molecule has 1 aromatic rings. The summed E-state index contributed by atoms with van der Waals surface area (Å²) in [7, 11) is 1.42. The van der Waals surface area contributed by atoms with Crippen molar-refractivity contribution in [3.05, 3.63) is 35.9 Å². The number of esters is 1. The van der Waals surface area contributed by atoms with Crippen LogP contribution in [0.5, 0.6) is 0 Å². The van der Waals surface area contributed by atoms with Gasteiger partial charge in [0.2, 0.25) is 0 Å². The highest BCUT2D eigenvalue weighted by Crippen LogP contribution is 2.41. The van der Waals surface area contributed by atoms with Gasteiger partial charge in [-0.25, -0.2) is 4.79 Å². The van der Waals surface area contributed by atoms with Gasteiger partial charge in [-0.1, -0.05) is 57.0 Å². The van der Waals surface area contributed by atoms with Crippen LogP contribution in [0, 0.1) is 11.3 Å². The van der Waals surface area contributed by atoms with E-state index in [2.05, 4.69) is 6.92 Å². The van der Waals surface area contributed by atoms with Crippen LogP contribution in [0.25, 0.3) is 0 Å². The number of unbranched alkanes of at least 4 members (excludes halogenated alkanes) is 1. The Hall–Kier alpha value is -2.04. The fourth-order valence-electron chi connectivity index (χ4n) is 3.40. The second kappa shape index (κ2) is 8.18. The Bertz CT molecular complexity index is 560. The molecule has 5 nitrogen and oxygen atoms in total. The van der Waals surface area contributed by atoms with E-state index < -0.39 is 5.41 Å². The van der Waals surface area contributed by atoms with Gasteiger partial charge in [0.1, 0.15) is 6.61 Å². The zero-order valence-electron chi connectivity index (χ0n) is 14.8. The Morgan fingerprint density at radius 1 is 1.29 bits per heavy atom. The van der Waals surface area contributed by atoms with E-state index in [1.165, 1.54) is 7.11 Å². The van der Waals surface area contributed by atoms with Crippen molar-refractivity contribution in [3.63, 3.8) is 0 Å². The summed E-state index contributed by atoms with van der Waals surface area (Å²) in [5.41, 5.74) is 0.333. The molecule has 2 atom stereocenters. The van der Waals surface area contributed by atoms with Gasteiger partial charge in [0, 0.05) is 13.1 Å². The molecule has 1 amide bonds. The molecule has 0 aliphatic carbocycles. The van der Waals surface area contributed by atoms with Crippen molar-refractivity contribution < 1.29 is 19.1 Å². The van der Waals surface area contributed by atoms with Gasteiger partial charge in [0.25, 0.3) is 0 Å². The van der Waals surface area contributed by atoms with E-state index in [-0.39, 0.29) is 24.6 Å². The molecule has 0 spiro atoms. The molecule has 0 radical (unpaired) electrons. The molecule has 1 aromatic carbocycles. The Kier molecular flexibility index (Phi) is 6.23. The van der Waals surface area contributed by atoms with Crippen LogP contribution >= 0.6 is 0 Å². The van der Waals surface area contributed by atoms with E-state index in [9.17, 15) is 9.59 Å². The van der Waals surface area contributed by atoms with Crippen molar-refractivity contribution in [2.75, 3.05) is 20.2 Å². The molecule has 1 aliphatic heterocycles. The first-order chi connectivity index (χ1) is 11.5. The summed E-state index contributed by atoms with van der Waals surface area (Å²) in [6.07, 6.45) is 2.31. The van der Waals surface area contributed by atoms with Gasteiger partial charge in [0.15, 0.2) is 0 Å². The molecular weight excluding hydrogens is 306 g/mol. The Morgan fingerprint density at radius 3 is 2.62 bits per heavy atom. The molecule has 1 aliphatic rings. The Morgan fingerprint density at radius 2 is 2.00 bits per heavy atom. The quantitative estimate of drug-likeness (QED) is 0.746. The number of hydrogen-bond donors (Lipinski definition) is 0. The second-order valence-corrected chi connectivity index (χ2v) is 6.57. The van der Waals surface area contributed by atoms with Crippen molar-refractivity contribution in [1.82, 2.24) is 4.90 Å². The van der Waals surface area contributed by atoms with E-state index in [0.717, 1.165) is 24.8 Å². The number of likely N-dealkylation sites (tertiary alicyclic amines) is 1. The minimum Gasteiger partial charge on any atom is -0.469 e. The van der Waals surface area contributed by atoms with E-state index in [4.69, 9.17) is 9.47 Å². The largest absolute Gasteiger partial charge is 0.469 e. The van der Waals surface area contributed by atoms with Gasteiger partial charge in [-0.3, -0.25) is 4.79 Å². The first-order valence-corrected chi connectivity index (χ1v) is 8.57. The fraction of sp³-hybridized carbons (Fsp3) is 0.579. The Balaban J connectivity index is 2.01. The molecule has 1 fully saturated rings. The molecule has 132 valence electrons. The number of methoxy groups -OCH3 is 1. The van der Waals surface area contributed by atoms with Crippen molar-refractivity contribution >= 4 is 12.1 Å². The van der Waals surface area contributed by atoms with Gasteiger partial charge in [-0.05, 0) is 17.9 Å². The van der Waals surface area contributed by atoms with Crippen LogP contribution in [-0.4, -0.2) is 37.2 Å². The molecule has 0 N–H and O–H groups in total. The van der Waals surface area contributed by atoms with Gasteiger partial charge < -0.3 is 14.4 Å². The molecule has 1 heterocycles. The lowest BCUT2D eigenvalue weighted by molar-refractivity contribution is -0.154. The van der Waals surface area contributed by atoms with Gasteiger partial charge in [0.05, 0.1) is 12.5 Å². The second-order valence-electron chi connectivity index (χ2n) is 6.57. The van der Waals surface area contributed by atoms with Crippen LogP contribution in [-0.2, 0) is 20.9 Å². The highest BCUT2D eigenvalue weighted by atomic mass is 16.6. The maximum atomic E-state index is 12.4. The van der Waals surface area contributed by atoms with E-state index in [1.54, 1.807) is 4.90 Å². The van der Waals surface area contributed by atoms with Crippen molar-refractivity contribution in [1.29, 1.82) is 0 Å². The normalized spacial score (nSPS) is 23.1. The summed E-state index contributed by atoms with van der Waals surface area (Å²) in [5, 5.41) is 0.